The van der Waals surface area contributed by atoms with Crippen LogP contribution in [-0.2, 0) is 17.8 Å². The van der Waals surface area contributed by atoms with Gasteiger partial charge in [0.2, 0.25) is 0 Å². The molecule has 9 heteroatoms. The third-order valence-corrected chi connectivity index (χ3v) is 7.33. The van der Waals surface area contributed by atoms with E-state index in [1.54, 1.807) is 19.2 Å². The van der Waals surface area contributed by atoms with Crippen LogP contribution in [0.3, 0.4) is 0 Å². The minimum atomic E-state index is -0.444. The lowest BCUT2D eigenvalue weighted by molar-refractivity contribution is -0.121. The Balaban J connectivity index is 1.23. The molecule has 0 aliphatic carbocycles. The van der Waals surface area contributed by atoms with E-state index in [4.69, 9.17) is 9.47 Å². The Morgan fingerprint density at radius 1 is 1.05 bits per heavy atom. The lowest BCUT2D eigenvalue weighted by atomic mass is 10.0. The van der Waals surface area contributed by atoms with Crippen molar-refractivity contribution in [2.24, 2.45) is 5.10 Å². The van der Waals surface area contributed by atoms with Crippen molar-refractivity contribution >= 4 is 33.7 Å². The maximum Gasteiger partial charge on any atom is 0.263 e. The van der Waals surface area contributed by atoms with Gasteiger partial charge in [-0.1, -0.05) is 60.7 Å². The molecule has 202 valence electrons. The first-order valence-corrected chi connectivity index (χ1v) is 13.6. The first-order chi connectivity index (χ1) is 19.5. The number of carbonyl (C=O) groups excluding carboxylic acids is 1. The maximum atomic E-state index is 13.3. The molecule has 0 aliphatic rings. The summed E-state index contributed by atoms with van der Waals surface area (Å²) in [4.78, 5) is 32.0. The number of aromatic nitrogens is 2. The summed E-state index contributed by atoms with van der Waals surface area (Å²) in [6, 6.07) is 25.2. The lowest BCUT2D eigenvalue weighted by Gasteiger charge is -2.11. The highest BCUT2D eigenvalue weighted by atomic mass is 32.1. The molecule has 8 nitrogen and oxygen atoms in total. The zero-order valence-corrected chi connectivity index (χ0v) is 23.0. The summed E-state index contributed by atoms with van der Waals surface area (Å²) in [6.45, 7) is 2.28. The fourth-order valence-corrected chi connectivity index (χ4v) is 5.38. The average molecular weight is 553 g/mol. The van der Waals surface area contributed by atoms with Gasteiger partial charge in [-0.2, -0.15) is 5.10 Å². The number of hydrazone groups is 1. The second-order valence-corrected chi connectivity index (χ2v) is 10.2. The summed E-state index contributed by atoms with van der Waals surface area (Å²) in [5.74, 6) is 0.746. The average Bonchev–Trinajstić information content (AvgIpc) is 3.32. The minimum absolute atomic E-state index is 0.209. The van der Waals surface area contributed by atoms with Crippen molar-refractivity contribution in [3.8, 4) is 22.6 Å². The van der Waals surface area contributed by atoms with Crippen molar-refractivity contribution in [1.29, 1.82) is 0 Å². The summed E-state index contributed by atoms with van der Waals surface area (Å²) in [5, 5.41) is 4.57. The SMILES string of the molecule is COc1cc(C=NNC(=O)Cn2cnc3sc(C)c(-c4ccccc4)c3c2=O)ccc1OCCc1ccccc1. The van der Waals surface area contributed by atoms with E-state index < -0.39 is 5.91 Å². The van der Waals surface area contributed by atoms with Gasteiger partial charge in [-0.3, -0.25) is 14.2 Å². The van der Waals surface area contributed by atoms with E-state index >= 15 is 0 Å². The molecule has 0 atom stereocenters. The lowest BCUT2D eigenvalue weighted by Crippen LogP contribution is -2.30. The largest absolute Gasteiger partial charge is 0.493 e. The Labute approximate surface area is 235 Å². The molecule has 5 aromatic rings. The predicted octanol–water partition coefficient (Wildman–Crippen LogP) is 5.21. The van der Waals surface area contributed by atoms with Gasteiger partial charge < -0.3 is 9.47 Å². The predicted molar refractivity (Wildman–Crippen MR) is 158 cm³/mol. The van der Waals surface area contributed by atoms with Crippen LogP contribution in [0.5, 0.6) is 11.5 Å². The van der Waals surface area contributed by atoms with E-state index in [1.807, 2.05) is 61.5 Å². The number of hydrogen-bond donors (Lipinski definition) is 1. The number of rotatable bonds is 10. The van der Waals surface area contributed by atoms with Gasteiger partial charge in [0, 0.05) is 16.9 Å². The van der Waals surface area contributed by atoms with Crippen LogP contribution < -0.4 is 20.5 Å². The number of hydrogen-bond acceptors (Lipinski definition) is 7. The monoisotopic (exact) mass is 552 g/mol. The molecule has 3 aromatic carbocycles. The Bertz CT molecular complexity index is 1710. The fourth-order valence-electron chi connectivity index (χ4n) is 4.38. The number of ether oxygens (including phenoxy) is 2. The number of amides is 1. The Kier molecular flexibility index (Phi) is 8.32. The summed E-state index contributed by atoms with van der Waals surface area (Å²) in [6.07, 6.45) is 3.69. The number of aryl methyl sites for hydroxylation is 1. The van der Waals surface area contributed by atoms with Crippen molar-refractivity contribution in [2.75, 3.05) is 13.7 Å². The van der Waals surface area contributed by atoms with E-state index in [-0.39, 0.29) is 12.1 Å². The van der Waals surface area contributed by atoms with Gasteiger partial charge in [0.15, 0.2) is 11.5 Å². The molecule has 0 fully saturated rings. The Morgan fingerprint density at radius 2 is 1.80 bits per heavy atom. The van der Waals surface area contributed by atoms with Crippen LogP contribution in [0.4, 0.5) is 0 Å². The standard InChI is InChI=1S/C31H28N4O4S/c1-21-28(24-11-7-4-8-12-24)29-30(40-21)32-20-35(31(29)37)19-27(36)34-33-18-23-13-14-25(26(17-23)38-2)39-16-15-22-9-5-3-6-10-22/h3-14,17-18,20H,15-16,19H2,1-2H3,(H,34,36). The van der Waals surface area contributed by atoms with Crippen molar-refractivity contribution in [1.82, 2.24) is 15.0 Å². The summed E-state index contributed by atoms with van der Waals surface area (Å²) in [5.41, 5.74) is 5.93. The van der Waals surface area contributed by atoms with Gasteiger partial charge in [0.25, 0.3) is 11.5 Å². The van der Waals surface area contributed by atoms with Crippen LogP contribution >= 0.6 is 11.3 Å². The molecule has 0 bridgehead atoms. The second kappa shape index (κ2) is 12.4. The van der Waals surface area contributed by atoms with Crippen LogP contribution in [0.2, 0.25) is 0 Å². The quantitative estimate of drug-likeness (QED) is 0.190. The van der Waals surface area contributed by atoms with Crippen molar-refractivity contribution in [3.05, 3.63) is 112 Å². The molecule has 5 rings (SSSR count). The minimum Gasteiger partial charge on any atom is -0.493 e. The van der Waals surface area contributed by atoms with Gasteiger partial charge in [-0.25, -0.2) is 10.4 Å². The Hall–Kier alpha value is -4.76. The molecule has 1 amide bonds. The number of carbonyl (C=O) groups is 1. The molecule has 0 unspecified atom stereocenters. The molecular weight excluding hydrogens is 524 g/mol. The van der Waals surface area contributed by atoms with Crippen LogP contribution in [0.1, 0.15) is 16.0 Å². The smallest absolute Gasteiger partial charge is 0.263 e. The van der Waals surface area contributed by atoms with Crippen molar-refractivity contribution in [3.63, 3.8) is 0 Å². The topological polar surface area (TPSA) is 94.8 Å². The van der Waals surface area contributed by atoms with Crippen LogP contribution in [-0.4, -0.2) is 35.4 Å². The highest BCUT2D eigenvalue weighted by Crippen LogP contribution is 2.35. The van der Waals surface area contributed by atoms with E-state index in [1.165, 1.54) is 34.0 Å². The summed E-state index contributed by atoms with van der Waals surface area (Å²) in [7, 11) is 1.57. The second-order valence-electron chi connectivity index (χ2n) is 9.04. The van der Waals surface area contributed by atoms with E-state index in [0.717, 1.165) is 22.4 Å². The number of thiophene rings is 1. The molecule has 40 heavy (non-hydrogen) atoms. The molecule has 0 aliphatic heterocycles. The number of methoxy groups -OCH3 is 1. The van der Waals surface area contributed by atoms with E-state index in [0.29, 0.717) is 33.9 Å². The van der Waals surface area contributed by atoms with Gasteiger partial charge in [-0.05, 0) is 41.8 Å². The third kappa shape index (κ3) is 6.10. The van der Waals surface area contributed by atoms with Gasteiger partial charge >= 0.3 is 0 Å². The first-order valence-electron chi connectivity index (χ1n) is 12.7. The molecular formula is C31H28N4O4S. The van der Waals surface area contributed by atoms with E-state index in [9.17, 15) is 9.59 Å². The summed E-state index contributed by atoms with van der Waals surface area (Å²) < 4.78 is 12.7. The molecule has 1 N–H and O–H groups in total. The fraction of sp³-hybridized carbons (Fsp3) is 0.161. The molecule has 0 saturated carbocycles. The van der Waals surface area contributed by atoms with Gasteiger partial charge in [-0.15, -0.1) is 11.3 Å². The van der Waals surface area contributed by atoms with Gasteiger partial charge in [0.05, 0.1) is 31.6 Å². The zero-order valence-electron chi connectivity index (χ0n) is 22.2. The molecule has 0 saturated heterocycles. The molecule has 2 aromatic heterocycles. The normalized spacial score (nSPS) is 11.2. The van der Waals surface area contributed by atoms with Gasteiger partial charge in [0.1, 0.15) is 11.4 Å². The van der Waals surface area contributed by atoms with Crippen molar-refractivity contribution in [2.45, 2.75) is 19.9 Å². The van der Waals surface area contributed by atoms with Crippen LogP contribution in [0, 0.1) is 6.92 Å². The van der Waals surface area contributed by atoms with E-state index in [2.05, 4.69) is 27.6 Å². The highest BCUT2D eigenvalue weighted by molar-refractivity contribution is 7.19. The molecule has 0 radical (unpaired) electrons. The van der Waals surface area contributed by atoms with Crippen LogP contribution in [0.15, 0.2) is 95.1 Å². The third-order valence-electron chi connectivity index (χ3n) is 6.31. The number of benzene rings is 3. The number of nitrogens with zero attached hydrogens (tertiary/aromatic N) is 3. The van der Waals surface area contributed by atoms with Crippen LogP contribution in [0.25, 0.3) is 21.3 Å². The first kappa shape index (κ1) is 26.8. The highest BCUT2D eigenvalue weighted by Gasteiger charge is 2.17. The number of nitrogens with one attached hydrogen (secondary N) is 1. The zero-order chi connectivity index (χ0) is 27.9. The molecule has 2 heterocycles. The Morgan fingerprint density at radius 3 is 2.55 bits per heavy atom. The summed E-state index contributed by atoms with van der Waals surface area (Å²) >= 11 is 1.47. The molecule has 0 spiro atoms. The maximum absolute atomic E-state index is 13.3. The van der Waals surface area contributed by atoms with Crippen molar-refractivity contribution < 1.29 is 14.3 Å². The number of fused-ring (bicyclic) bond motifs is 1.